The normalized spacial score (nSPS) is 17.8. The zero-order chi connectivity index (χ0) is 16.5. The number of aromatic nitrogens is 2. The Bertz CT molecular complexity index is 716. The highest BCUT2D eigenvalue weighted by Gasteiger charge is 2.27. The van der Waals surface area contributed by atoms with Crippen LogP contribution in [0, 0.1) is 5.82 Å². The van der Waals surface area contributed by atoms with Crippen LogP contribution in [-0.2, 0) is 12.8 Å². The van der Waals surface area contributed by atoms with Gasteiger partial charge in [-0.1, -0.05) is 0 Å². The Morgan fingerprint density at radius 1 is 1.29 bits per heavy atom. The summed E-state index contributed by atoms with van der Waals surface area (Å²) in [6.45, 7) is 1.42. The van der Waals surface area contributed by atoms with Crippen molar-refractivity contribution < 1.29 is 9.18 Å². The molecule has 1 N–H and O–H groups in total. The van der Waals surface area contributed by atoms with Gasteiger partial charge in [0.25, 0.3) is 0 Å². The van der Waals surface area contributed by atoms with E-state index in [-0.39, 0.29) is 6.03 Å². The summed E-state index contributed by atoms with van der Waals surface area (Å²) >= 11 is 1.87. The second-order valence-corrected chi connectivity index (χ2v) is 7.44. The van der Waals surface area contributed by atoms with Crippen molar-refractivity contribution in [2.75, 3.05) is 18.4 Å². The van der Waals surface area contributed by atoms with Crippen molar-refractivity contribution in [2.24, 2.45) is 0 Å². The predicted molar refractivity (Wildman–Crippen MR) is 90.9 cm³/mol. The van der Waals surface area contributed by atoms with Gasteiger partial charge in [0, 0.05) is 23.9 Å². The Balaban J connectivity index is 1.33. The van der Waals surface area contributed by atoms with E-state index in [0.717, 1.165) is 25.5 Å². The smallest absolute Gasteiger partial charge is 0.323 e. The minimum absolute atomic E-state index is 0.172. The lowest BCUT2D eigenvalue weighted by Crippen LogP contribution is -2.40. The number of hydrogen-bond donors (Lipinski definition) is 1. The molecule has 7 heteroatoms. The highest BCUT2D eigenvalue weighted by Crippen LogP contribution is 2.35. The van der Waals surface area contributed by atoms with Crippen LogP contribution in [0.25, 0.3) is 0 Å². The molecule has 2 aromatic heterocycles. The predicted octanol–water partition coefficient (Wildman–Crippen LogP) is 3.58. The number of halogens is 1. The third kappa shape index (κ3) is 3.13. The monoisotopic (exact) mass is 346 g/mol. The summed E-state index contributed by atoms with van der Waals surface area (Å²) in [6, 6.07) is 2.59. The first-order chi connectivity index (χ1) is 11.7. The highest BCUT2D eigenvalue weighted by atomic mass is 32.1. The van der Waals surface area contributed by atoms with E-state index >= 15 is 0 Å². The van der Waals surface area contributed by atoms with Gasteiger partial charge in [-0.05, 0) is 44.2 Å². The molecule has 1 aliphatic heterocycles. The zero-order valence-corrected chi connectivity index (χ0v) is 14.1. The topological polar surface area (TPSA) is 58.1 Å². The lowest BCUT2D eigenvalue weighted by Gasteiger charge is -2.31. The van der Waals surface area contributed by atoms with Crippen LogP contribution in [0.5, 0.6) is 0 Å². The molecular weight excluding hydrogens is 327 g/mol. The summed E-state index contributed by atoms with van der Waals surface area (Å²) < 4.78 is 12.9. The first-order valence-electron chi connectivity index (χ1n) is 8.35. The molecule has 5 nitrogen and oxygen atoms in total. The molecule has 0 radical (unpaired) electrons. The highest BCUT2D eigenvalue weighted by molar-refractivity contribution is 7.11. The van der Waals surface area contributed by atoms with Gasteiger partial charge in [-0.3, -0.25) is 5.32 Å². The van der Waals surface area contributed by atoms with Crippen molar-refractivity contribution in [2.45, 2.75) is 38.0 Å². The summed E-state index contributed by atoms with van der Waals surface area (Å²) in [7, 11) is 0. The van der Waals surface area contributed by atoms with E-state index in [2.05, 4.69) is 10.3 Å². The average Bonchev–Trinajstić information content (AvgIpc) is 3.19. The number of carbonyl (C=O) groups is 1. The molecule has 0 bridgehead atoms. The van der Waals surface area contributed by atoms with E-state index in [1.807, 2.05) is 11.3 Å². The lowest BCUT2D eigenvalue weighted by atomic mass is 9.98. The fourth-order valence-electron chi connectivity index (χ4n) is 3.35. The van der Waals surface area contributed by atoms with Gasteiger partial charge in [0.15, 0.2) is 0 Å². The summed E-state index contributed by atoms with van der Waals surface area (Å²) in [5.41, 5.74) is 1.30. The maximum absolute atomic E-state index is 12.9. The number of urea groups is 1. The number of piperidine rings is 1. The van der Waals surface area contributed by atoms with E-state index < -0.39 is 5.82 Å². The quantitative estimate of drug-likeness (QED) is 0.904. The van der Waals surface area contributed by atoms with Crippen LogP contribution in [-0.4, -0.2) is 34.0 Å². The molecule has 2 aromatic rings. The SMILES string of the molecule is O=C(Nc1ccc(F)cn1)N1CCC(c2nc3c(s2)CCC3)CC1. The second kappa shape index (κ2) is 6.47. The number of likely N-dealkylation sites (tertiary alicyclic amines) is 1. The maximum atomic E-state index is 12.9. The number of anilines is 1. The fourth-order valence-corrected chi connectivity index (χ4v) is 4.68. The van der Waals surface area contributed by atoms with Gasteiger partial charge >= 0.3 is 6.03 Å². The number of thiazole rings is 1. The van der Waals surface area contributed by atoms with Crippen LogP contribution in [0.4, 0.5) is 15.0 Å². The van der Waals surface area contributed by atoms with Crippen molar-refractivity contribution >= 4 is 23.2 Å². The molecule has 0 spiro atoms. The first-order valence-corrected chi connectivity index (χ1v) is 9.16. The standard InChI is InChI=1S/C17H19FN4OS/c18-12-4-5-15(19-10-12)21-17(23)22-8-6-11(7-9-22)16-20-13-2-1-3-14(13)24-16/h4-5,10-11H,1-3,6-9H2,(H,19,21,23). The minimum Gasteiger partial charge on any atom is -0.324 e. The second-order valence-electron chi connectivity index (χ2n) is 6.33. The molecule has 0 atom stereocenters. The van der Waals surface area contributed by atoms with Crippen molar-refractivity contribution in [3.63, 3.8) is 0 Å². The summed E-state index contributed by atoms with van der Waals surface area (Å²) in [4.78, 5) is 24.2. The Morgan fingerprint density at radius 3 is 2.83 bits per heavy atom. The van der Waals surface area contributed by atoms with E-state index in [0.29, 0.717) is 24.8 Å². The molecule has 1 saturated heterocycles. The number of rotatable bonds is 2. The number of carbonyl (C=O) groups excluding carboxylic acids is 1. The molecule has 1 aliphatic carbocycles. The molecule has 2 aliphatic rings. The Morgan fingerprint density at radius 2 is 2.12 bits per heavy atom. The zero-order valence-electron chi connectivity index (χ0n) is 13.3. The number of nitrogens with one attached hydrogen (secondary N) is 1. The first kappa shape index (κ1) is 15.5. The Kier molecular flexibility index (Phi) is 4.18. The lowest BCUT2D eigenvalue weighted by molar-refractivity contribution is 0.194. The van der Waals surface area contributed by atoms with E-state index in [1.165, 1.54) is 40.6 Å². The Labute approximate surface area is 143 Å². The third-order valence-corrected chi connectivity index (χ3v) is 6.03. The van der Waals surface area contributed by atoms with Gasteiger partial charge in [-0.25, -0.2) is 19.2 Å². The molecular formula is C17H19FN4OS. The van der Waals surface area contributed by atoms with E-state index in [4.69, 9.17) is 4.98 Å². The fraction of sp³-hybridized carbons (Fsp3) is 0.471. The van der Waals surface area contributed by atoms with Crippen LogP contribution < -0.4 is 5.32 Å². The number of aryl methyl sites for hydroxylation is 2. The maximum Gasteiger partial charge on any atom is 0.323 e. The molecule has 126 valence electrons. The van der Waals surface area contributed by atoms with Crippen LogP contribution in [0.15, 0.2) is 18.3 Å². The van der Waals surface area contributed by atoms with E-state index in [1.54, 1.807) is 4.90 Å². The minimum atomic E-state index is -0.413. The number of fused-ring (bicyclic) bond motifs is 1. The largest absolute Gasteiger partial charge is 0.324 e. The van der Waals surface area contributed by atoms with Gasteiger partial charge in [0.1, 0.15) is 11.6 Å². The van der Waals surface area contributed by atoms with Gasteiger partial charge < -0.3 is 4.90 Å². The number of pyridine rings is 1. The third-order valence-electron chi connectivity index (χ3n) is 4.71. The summed E-state index contributed by atoms with van der Waals surface area (Å²) in [5, 5.41) is 3.97. The molecule has 24 heavy (non-hydrogen) atoms. The molecule has 4 rings (SSSR count). The number of amides is 2. The summed E-state index contributed by atoms with van der Waals surface area (Å²) in [6.07, 6.45) is 6.53. The van der Waals surface area contributed by atoms with Gasteiger partial charge in [0.2, 0.25) is 0 Å². The van der Waals surface area contributed by atoms with Crippen molar-refractivity contribution in [3.8, 4) is 0 Å². The van der Waals surface area contributed by atoms with Gasteiger partial charge in [-0.2, -0.15) is 0 Å². The van der Waals surface area contributed by atoms with Crippen LogP contribution in [0.1, 0.15) is 40.8 Å². The average molecular weight is 346 g/mol. The Hall–Kier alpha value is -2.02. The van der Waals surface area contributed by atoms with Crippen LogP contribution in [0.3, 0.4) is 0 Å². The van der Waals surface area contributed by atoms with Crippen molar-refractivity contribution in [1.82, 2.24) is 14.9 Å². The van der Waals surface area contributed by atoms with Crippen molar-refractivity contribution in [1.29, 1.82) is 0 Å². The van der Waals surface area contributed by atoms with Gasteiger partial charge in [-0.15, -0.1) is 11.3 Å². The summed E-state index contributed by atoms with van der Waals surface area (Å²) in [5.74, 6) is 0.428. The molecule has 0 unspecified atom stereocenters. The van der Waals surface area contributed by atoms with Crippen molar-refractivity contribution in [3.05, 3.63) is 39.7 Å². The van der Waals surface area contributed by atoms with Crippen LogP contribution >= 0.6 is 11.3 Å². The molecule has 3 heterocycles. The molecule has 0 saturated carbocycles. The molecule has 0 aromatic carbocycles. The molecule has 2 amide bonds. The molecule has 1 fully saturated rings. The van der Waals surface area contributed by atoms with Crippen LogP contribution in [0.2, 0.25) is 0 Å². The van der Waals surface area contributed by atoms with Gasteiger partial charge in [0.05, 0.1) is 16.9 Å². The van der Waals surface area contributed by atoms with E-state index in [9.17, 15) is 9.18 Å². The number of nitrogens with zero attached hydrogens (tertiary/aromatic N) is 3. The number of hydrogen-bond acceptors (Lipinski definition) is 4.